The normalized spacial score (nSPS) is 13.4. The number of unbranched alkanes of at least 4 members (excludes halogenated alkanes) is 1. The van der Waals surface area contributed by atoms with Gasteiger partial charge in [-0.3, -0.25) is 0 Å². The van der Waals surface area contributed by atoms with Crippen LogP contribution in [0.4, 0.5) is 0 Å². The predicted octanol–water partition coefficient (Wildman–Crippen LogP) is 3.53. The summed E-state index contributed by atoms with van der Waals surface area (Å²) < 4.78 is 0. The maximum Gasteiger partial charge on any atom is 0.0931 e. The van der Waals surface area contributed by atoms with Gasteiger partial charge in [0, 0.05) is 17.8 Å². The molecule has 0 bridgehead atoms. The van der Waals surface area contributed by atoms with Gasteiger partial charge in [-0.05, 0) is 12.3 Å². The van der Waals surface area contributed by atoms with E-state index in [4.69, 9.17) is 5.73 Å². The predicted molar refractivity (Wildman–Crippen MR) is 67.1 cm³/mol. The van der Waals surface area contributed by atoms with Crippen molar-refractivity contribution in [2.45, 2.75) is 52.5 Å². The van der Waals surface area contributed by atoms with Crippen LogP contribution in [0.3, 0.4) is 0 Å². The molecule has 1 aromatic rings. The monoisotopic (exact) mass is 226 g/mol. The Bertz CT molecular complexity index is 281. The zero-order valence-electron chi connectivity index (χ0n) is 9.99. The van der Waals surface area contributed by atoms with E-state index in [0.29, 0.717) is 5.92 Å². The molecule has 0 aliphatic heterocycles. The fourth-order valence-corrected chi connectivity index (χ4v) is 2.58. The highest BCUT2D eigenvalue weighted by Gasteiger charge is 2.10. The molecule has 0 aliphatic rings. The van der Waals surface area contributed by atoms with Gasteiger partial charge < -0.3 is 5.73 Å². The van der Waals surface area contributed by atoms with Crippen molar-refractivity contribution in [2.75, 3.05) is 0 Å². The minimum Gasteiger partial charge on any atom is -0.323 e. The molecule has 3 heteroatoms. The number of rotatable bonds is 6. The van der Waals surface area contributed by atoms with Crippen molar-refractivity contribution < 1.29 is 0 Å². The van der Waals surface area contributed by atoms with Gasteiger partial charge >= 0.3 is 0 Å². The van der Waals surface area contributed by atoms with Crippen LogP contribution in [-0.4, -0.2) is 4.98 Å². The average Bonchev–Trinajstić information content (AvgIpc) is 2.61. The molecule has 1 rings (SSSR count). The standard InChI is InChI=1S/C12H22N2S/c1-4-5-6-10(13)11-8-15-12(14-11)7-9(2)3/h8-10H,4-7,13H2,1-3H3. The number of aromatic nitrogens is 1. The van der Waals surface area contributed by atoms with Crippen molar-refractivity contribution in [1.82, 2.24) is 4.98 Å². The zero-order valence-corrected chi connectivity index (χ0v) is 10.8. The summed E-state index contributed by atoms with van der Waals surface area (Å²) in [4.78, 5) is 4.60. The Morgan fingerprint density at radius 1 is 1.47 bits per heavy atom. The second kappa shape index (κ2) is 6.23. The highest BCUT2D eigenvalue weighted by atomic mass is 32.1. The first-order valence-corrected chi connectivity index (χ1v) is 6.71. The Kier molecular flexibility index (Phi) is 5.26. The first-order chi connectivity index (χ1) is 7.13. The summed E-state index contributed by atoms with van der Waals surface area (Å²) in [5, 5.41) is 3.35. The van der Waals surface area contributed by atoms with Crippen LogP contribution in [0.15, 0.2) is 5.38 Å². The molecule has 1 unspecified atom stereocenters. The summed E-state index contributed by atoms with van der Waals surface area (Å²) >= 11 is 1.75. The first-order valence-electron chi connectivity index (χ1n) is 5.83. The Morgan fingerprint density at radius 3 is 2.80 bits per heavy atom. The molecule has 86 valence electrons. The smallest absolute Gasteiger partial charge is 0.0931 e. The molecular weight excluding hydrogens is 204 g/mol. The molecule has 1 atom stereocenters. The van der Waals surface area contributed by atoms with Crippen molar-refractivity contribution in [2.24, 2.45) is 11.7 Å². The van der Waals surface area contributed by atoms with Gasteiger partial charge in [-0.15, -0.1) is 11.3 Å². The molecule has 0 aromatic carbocycles. The zero-order chi connectivity index (χ0) is 11.3. The molecule has 1 aromatic heterocycles. The third kappa shape index (κ3) is 4.31. The highest BCUT2D eigenvalue weighted by molar-refractivity contribution is 7.09. The lowest BCUT2D eigenvalue weighted by Crippen LogP contribution is -2.10. The van der Waals surface area contributed by atoms with E-state index in [1.807, 2.05) is 0 Å². The van der Waals surface area contributed by atoms with Crippen molar-refractivity contribution >= 4 is 11.3 Å². The average molecular weight is 226 g/mol. The van der Waals surface area contributed by atoms with E-state index in [2.05, 4.69) is 31.1 Å². The molecule has 2 N–H and O–H groups in total. The van der Waals surface area contributed by atoms with Crippen molar-refractivity contribution in [3.63, 3.8) is 0 Å². The molecule has 15 heavy (non-hydrogen) atoms. The van der Waals surface area contributed by atoms with Crippen LogP contribution in [0.2, 0.25) is 0 Å². The molecule has 1 heterocycles. The van der Waals surface area contributed by atoms with Gasteiger partial charge in [-0.2, -0.15) is 0 Å². The maximum atomic E-state index is 6.07. The van der Waals surface area contributed by atoms with E-state index in [-0.39, 0.29) is 6.04 Å². The Labute approximate surface area is 96.9 Å². The van der Waals surface area contributed by atoms with E-state index in [1.165, 1.54) is 17.8 Å². The molecule has 0 fully saturated rings. The van der Waals surface area contributed by atoms with Crippen molar-refractivity contribution in [3.05, 3.63) is 16.1 Å². The summed E-state index contributed by atoms with van der Waals surface area (Å²) in [6, 6.07) is 0.141. The van der Waals surface area contributed by atoms with Crippen molar-refractivity contribution in [3.8, 4) is 0 Å². The SMILES string of the molecule is CCCCC(N)c1csc(CC(C)C)n1. The summed E-state index contributed by atoms with van der Waals surface area (Å²) in [5.74, 6) is 0.677. The van der Waals surface area contributed by atoms with Crippen LogP contribution in [0.5, 0.6) is 0 Å². The minimum absolute atomic E-state index is 0.141. The first kappa shape index (κ1) is 12.7. The molecule has 0 radical (unpaired) electrons. The number of nitrogens with two attached hydrogens (primary N) is 1. The Morgan fingerprint density at radius 2 is 2.20 bits per heavy atom. The van der Waals surface area contributed by atoms with Crippen LogP contribution in [0.25, 0.3) is 0 Å². The lowest BCUT2D eigenvalue weighted by atomic mass is 10.1. The highest BCUT2D eigenvalue weighted by Crippen LogP contribution is 2.21. The molecular formula is C12H22N2S. The lowest BCUT2D eigenvalue weighted by Gasteiger charge is -2.07. The fourth-order valence-electron chi connectivity index (χ4n) is 1.51. The molecule has 0 saturated carbocycles. The van der Waals surface area contributed by atoms with E-state index in [9.17, 15) is 0 Å². The summed E-state index contributed by atoms with van der Waals surface area (Å²) in [6.07, 6.45) is 4.53. The van der Waals surface area contributed by atoms with Gasteiger partial charge in [0.2, 0.25) is 0 Å². The lowest BCUT2D eigenvalue weighted by molar-refractivity contribution is 0.587. The van der Waals surface area contributed by atoms with Gasteiger partial charge in [0.05, 0.1) is 10.7 Å². The van der Waals surface area contributed by atoms with E-state index in [0.717, 1.165) is 18.5 Å². The quantitative estimate of drug-likeness (QED) is 0.806. The van der Waals surface area contributed by atoms with Crippen LogP contribution in [0.1, 0.15) is 56.8 Å². The summed E-state index contributed by atoms with van der Waals surface area (Å²) in [7, 11) is 0. The maximum absolute atomic E-state index is 6.07. The van der Waals surface area contributed by atoms with E-state index < -0.39 is 0 Å². The van der Waals surface area contributed by atoms with Gasteiger partial charge in [0.25, 0.3) is 0 Å². The number of thiazole rings is 1. The van der Waals surface area contributed by atoms with Gasteiger partial charge in [-0.25, -0.2) is 4.98 Å². The summed E-state index contributed by atoms with van der Waals surface area (Å²) in [5.41, 5.74) is 7.16. The van der Waals surface area contributed by atoms with E-state index in [1.54, 1.807) is 11.3 Å². The molecule has 0 aliphatic carbocycles. The Balaban J connectivity index is 2.51. The van der Waals surface area contributed by atoms with E-state index >= 15 is 0 Å². The molecule has 0 spiro atoms. The van der Waals surface area contributed by atoms with Gasteiger partial charge in [0.1, 0.15) is 0 Å². The third-order valence-corrected chi connectivity index (χ3v) is 3.29. The van der Waals surface area contributed by atoms with Crippen LogP contribution in [0, 0.1) is 5.92 Å². The molecule has 2 nitrogen and oxygen atoms in total. The van der Waals surface area contributed by atoms with Crippen molar-refractivity contribution in [1.29, 1.82) is 0 Å². The number of nitrogens with zero attached hydrogens (tertiary/aromatic N) is 1. The van der Waals surface area contributed by atoms with Crippen LogP contribution < -0.4 is 5.73 Å². The summed E-state index contributed by atoms with van der Waals surface area (Å²) in [6.45, 7) is 6.63. The third-order valence-electron chi connectivity index (χ3n) is 2.40. The fraction of sp³-hybridized carbons (Fsp3) is 0.750. The van der Waals surface area contributed by atoms with Crippen LogP contribution >= 0.6 is 11.3 Å². The van der Waals surface area contributed by atoms with Gasteiger partial charge in [0.15, 0.2) is 0 Å². The Hall–Kier alpha value is -0.410. The number of hydrogen-bond acceptors (Lipinski definition) is 3. The largest absolute Gasteiger partial charge is 0.323 e. The van der Waals surface area contributed by atoms with Gasteiger partial charge in [-0.1, -0.05) is 33.6 Å². The topological polar surface area (TPSA) is 38.9 Å². The minimum atomic E-state index is 0.141. The number of hydrogen-bond donors (Lipinski definition) is 1. The second-order valence-corrected chi connectivity index (χ2v) is 5.46. The molecule has 0 amide bonds. The second-order valence-electron chi connectivity index (χ2n) is 4.51. The molecule has 0 saturated heterocycles. The van der Waals surface area contributed by atoms with Crippen LogP contribution in [-0.2, 0) is 6.42 Å².